The van der Waals surface area contributed by atoms with E-state index in [9.17, 15) is 14.4 Å². The second-order valence-electron chi connectivity index (χ2n) is 7.23. The maximum atomic E-state index is 13.4. The summed E-state index contributed by atoms with van der Waals surface area (Å²) in [6, 6.07) is 13.5. The van der Waals surface area contributed by atoms with Crippen LogP contribution in [-0.4, -0.2) is 15.0 Å². The van der Waals surface area contributed by atoms with E-state index in [1.54, 1.807) is 55.5 Å². The number of carbonyl (C=O) groups is 1. The number of carbonyl (C=O) groups excluding carboxylic acids is 1. The first-order valence-electron chi connectivity index (χ1n) is 9.89. The van der Waals surface area contributed by atoms with Crippen molar-refractivity contribution in [1.29, 1.82) is 0 Å². The Morgan fingerprint density at radius 3 is 2.56 bits per heavy atom. The van der Waals surface area contributed by atoms with Crippen molar-refractivity contribution in [2.24, 2.45) is 0 Å². The van der Waals surface area contributed by atoms with Crippen LogP contribution < -0.4 is 16.6 Å². The number of halogens is 2. The number of nitrogens with zero attached hydrogens (tertiary/aromatic N) is 2. The maximum absolute atomic E-state index is 13.4. The van der Waals surface area contributed by atoms with E-state index in [0.717, 1.165) is 15.0 Å². The van der Waals surface area contributed by atoms with Crippen LogP contribution in [0.2, 0.25) is 10.0 Å². The molecule has 0 spiro atoms. The number of hydrogen-bond donors (Lipinski definition) is 1. The monoisotopic (exact) mass is 487 g/mol. The molecule has 0 radical (unpaired) electrons. The minimum Gasteiger partial charge on any atom is -0.324 e. The fourth-order valence-corrected chi connectivity index (χ4v) is 4.87. The summed E-state index contributed by atoms with van der Waals surface area (Å²) in [5, 5.41) is 4.12. The number of rotatable bonds is 5. The average molecular weight is 488 g/mol. The molecule has 6 nitrogen and oxygen atoms in total. The predicted octanol–water partition coefficient (Wildman–Crippen LogP) is 5.03. The lowest BCUT2D eigenvalue weighted by Gasteiger charge is -2.13. The largest absolute Gasteiger partial charge is 0.337 e. The summed E-state index contributed by atoms with van der Waals surface area (Å²) in [6.45, 7) is 3.51. The smallest absolute Gasteiger partial charge is 0.324 e. The average Bonchev–Trinajstić information content (AvgIpc) is 3.19. The quantitative estimate of drug-likeness (QED) is 0.428. The third-order valence-corrected chi connectivity index (χ3v) is 7.07. The van der Waals surface area contributed by atoms with Gasteiger partial charge in [-0.15, -0.1) is 11.3 Å². The number of aryl methyl sites for hydroxylation is 1. The lowest BCUT2D eigenvalue weighted by Crippen LogP contribution is -2.40. The van der Waals surface area contributed by atoms with Crippen molar-refractivity contribution in [1.82, 2.24) is 9.13 Å². The van der Waals surface area contributed by atoms with E-state index in [2.05, 4.69) is 5.32 Å². The first kappa shape index (κ1) is 22.3. The molecule has 4 aromatic rings. The molecule has 0 aliphatic carbocycles. The Labute approximate surface area is 197 Å². The van der Waals surface area contributed by atoms with Crippen LogP contribution in [-0.2, 0) is 17.8 Å². The van der Waals surface area contributed by atoms with Gasteiger partial charge in [0.1, 0.15) is 11.4 Å². The van der Waals surface area contributed by atoms with E-state index in [1.807, 2.05) is 6.92 Å². The van der Waals surface area contributed by atoms with Crippen molar-refractivity contribution < 1.29 is 4.79 Å². The Kier molecular flexibility index (Phi) is 6.24. The highest BCUT2D eigenvalue weighted by atomic mass is 35.5. The number of anilines is 1. The van der Waals surface area contributed by atoms with Gasteiger partial charge in [0, 0.05) is 20.6 Å². The van der Waals surface area contributed by atoms with Crippen molar-refractivity contribution in [2.45, 2.75) is 26.8 Å². The summed E-state index contributed by atoms with van der Waals surface area (Å²) in [4.78, 5) is 40.9. The number of hydrogen-bond acceptors (Lipinski definition) is 4. The Hall–Kier alpha value is -2.87. The number of benzene rings is 2. The van der Waals surface area contributed by atoms with Crippen LogP contribution in [0, 0.1) is 6.92 Å². The van der Waals surface area contributed by atoms with Crippen LogP contribution in [0.4, 0.5) is 5.69 Å². The number of nitrogens with one attached hydrogen (secondary N) is 1. The van der Waals surface area contributed by atoms with Crippen LogP contribution in [0.1, 0.15) is 17.4 Å². The van der Waals surface area contributed by atoms with Crippen LogP contribution in [0.5, 0.6) is 0 Å². The minimum atomic E-state index is -0.604. The van der Waals surface area contributed by atoms with Gasteiger partial charge in [0.25, 0.3) is 5.56 Å². The van der Waals surface area contributed by atoms with Gasteiger partial charge < -0.3 is 5.32 Å². The normalized spacial score (nSPS) is 11.1. The summed E-state index contributed by atoms with van der Waals surface area (Å²) in [7, 11) is 0. The fourth-order valence-electron chi connectivity index (χ4n) is 3.43. The molecule has 1 N–H and O–H groups in total. The van der Waals surface area contributed by atoms with E-state index in [0.29, 0.717) is 38.1 Å². The highest BCUT2D eigenvalue weighted by molar-refractivity contribution is 7.18. The Balaban J connectivity index is 1.85. The molecular formula is C23H19Cl2N3O3S. The molecule has 9 heteroatoms. The number of thiophene rings is 1. The molecule has 0 bridgehead atoms. The lowest BCUT2D eigenvalue weighted by atomic mass is 10.2. The highest BCUT2D eigenvalue weighted by Crippen LogP contribution is 2.25. The molecule has 0 aliphatic heterocycles. The van der Waals surface area contributed by atoms with Gasteiger partial charge in [-0.05, 0) is 55.3 Å². The molecule has 0 saturated heterocycles. The van der Waals surface area contributed by atoms with Crippen molar-refractivity contribution in [2.75, 3.05) is 5.32 Å². The van der Waals surface area contributed by atoms with E-state index < -0.39 is 17.2 Å². The van der Waals surface area contributed by atoms with E-state index >= 15 is 0 Å². The molecule has 1 amide bonds. The van der Waals surface area contributed by atoms with Crippen LogP contribution >= 0.6 is 34.5 Å². The van der Waals surface area contributed by atoms with E-state index in [-0.39, 0.29) is 6.54 Å². The van der Waals surface area contributed by atoms with E-state index in [1.165, 1.54) is 15.9 Å². The Bertz CT molecular complexity index is 1470. The Morgan fingerprint density at radius 2 is 1.84 bits per heavy atom. The molecule has 2 heterocycles. The molecule has 0 saturated carbocycles. The summed E-state index contributed by atoms with van der Waals surface area (Å²) in [6.07, 6.45) is 0.706. The summed E-state index contributed by atoms with van der Waals surface area (Å²) in [5.41, 5.74) is 0.597. The molecule has 4 rings (SSSR count). The predicted molar refractivity (Wildman–Crippen MR) is 131 cm³/mol. The summed E-state index contributed by atoms with van der Waals surface area (Å²) in [5.74, 6) is -0.401. The molecule has 0 atom stereocenters. The third-order valence-electron chi connectivity index (χ3n) is 5.12. The molecule has 2 aromatic heterocycles. The van der Waals surface area contributed by atoms with Crippen molar-refractivity contribution in [3.63, 3.8) is 0 Å². The fraction of sp³-hybridized carbons (Fsp3) is 0.174. The topological polar surface area (TPSA) is 73.1 Å². The first-order valence-corrected chi connectivity index (χ1v) is 11.5. The standard InChI is InChI=1S/C23H19Cl2N3O3S/c1-3-16-11-17-21(30)28(15-7-4-6-14(24)10-15)23(31)27(22(17)32-16)12-20(29)26-19-9-5-8-18(25)13(19)2/h4-11H,3,12H2,1-2H3,(H,26,29). The molecule has 2 aromatic carbocycles. The number of fused-ring (bicyclic) bond motifs is 1. The van der Waals surface area contributed by atoms with Gasteiger partial charge in [0.05, 0.1) is 11.1 Å². The highest BCUT2D eigenvalue weighted by Gasteiger charge is 2.19. The number of aromatic nitrogens is 2. The second-order valence-corrected chi connectivity index (χ2v) is 9.19. The molecule has 0 fully saturated rings. The van der Waals surface area contributed by atoms with E-state index in [4.69, 9.17) is 23.2 Å². The zero-order chi connectivity index (χ0) is 23.0. The molecule has 0 aliphatic rings. The summed E-state index contributed by atoms with van der Waals surface area (Å²) >= 11 is 13.6. The van der Waals surface area contributed by atoms with Crippen molar-refractivity contribution in [3.05, 3.63) is 89.9 Å². The Morgan fingerprint density at radius 1 is 1.09 bits per heavy atom. The van der Waals surface area contributed by atoms with Crippen LogP contribution in [0.15, 0.2) is 58.1 Å². The third kappa shape index (κ3) is 4.11. The zero-order valence-electron chi connectivity index (χ0n) is 17.3. The minimum absolute atomic E-state index is 0.258. The molecule has 164 valence electrons. The SMILES string of the molecule is CCc1cc2c(=O)n(-c3cccc(Cl)c3)c(=O)n(CC(=O)Nc3cccc(Cl)c3C)c2s1. The van der Waals surface area contributed by atoms with Crippen molar-refractivity contribution in [3.8, 4) is 5.69 Å². The van der Waals surface area contributed by atoms with Gasteiger partial charge in [-0.25, -0.2) is 9.36 Å². The van der Waals surface area contributed by atoms with Crippen LogP contribution in [0.3, 0.4) is 0 Å². The first-order chi connectivity index (χ1) is 15.3. The second kappa shape index (κ2) is 8.94. The molecule has 0 unspecified atom stereocenters. The molecular weight excluding hydrogens is 469 g/mol. The van der Waals surface area contributed by atoms with Crippen molar-refractivity contribution >= 4 is 56.3 Å². The van der Waals surface area contributed by atoms with Gasteiger partial charge in [0.15, 0.2) is 0 Å². The van der Waals surface area contributed by atoms with Gasteiger partial charge in [-0.3, -0.25) is 14.2 Å². The summed E-state index contributed by atoms with van der Waals surface area (Å²) < 4.78 is 2.38. The van der Waals surface area contributed by atoms with Gasteiger partial charge in [0.2, 0.25) is 5.91 Å². The lowest BCUT2D eigenvalue weighted by molar-refractivity contribution is -0.116. The molecule has 32 heavy (non-hydrogen) atoms. The van der Waals surface area contributed by atoms with Gasteiger partial charge >= 0.3 is 5.69 Å². The zero-order valence-corrected chi connectivity index (χ0v) is 19.6. The van der Waals surface area contributed by atoms with Gasteiger partial charge in [-0.2, -0.15) is 0 Å². The van der Waals surface area contributed by atoms with Crippen LogP contribution in [0.25, 0.3) is 15.9 Å². The maximum Gasteiger partial charge on any atom is 0.337 e. The number of amides is 1. The van der Waals surface area contributed by atoms with Gasteiger partial charge in [-0.1, -0.05) is 42.3 Å².